The quantitative estimate of drug-likeness (QED) is 0.747. The molecule has 6 heteroatoms. The lowest BCUT2D eigenvalue weighted by Gasteiger charge is -2.20. The number of carbonyl (C=O) groups is 1. The SMILES string of the molecule is CC(C)[C@@H](CO)NC(=O)NCCc1cccc(F)c1F. The lowest BCUT2D eigenvalue weighted by molar-refractivity contribution is 0.198. The summed E-state index contributed by atoms with van der Waals surface area (Å²) in [5.74, 6) is -1.68. The fourth-order valence-electron chi connectivity index (χ4n) is 1.69. The molecule has 3 N–H and O–H groups in total. The lowest BCUT2D eigenvalue weighted by atomic mass is 10.1. The van der Waals surface area contributed by atoms with Crippen LogP contribution in [0, 0.1) is 17.6 Å². The van der Waals surface area contributed by atoms with E-state index in [4.69, 9.17) is 5.11 Å². The number of hydrogen-bond donors (Lipinski definition) is 3. The fraction of sp³-hybridized carbons (Fsp3) is 0.500. The number of hydrogen-bond acceptors (Lipinski definition) is 2. The van der Waals surface area contributed by atoms with Crippen molar-refractivity contribution in [3.63, 3.8) is 0 Å². The zero-order valence-corrected chi connectivity index (χ0v) is 11.6. The number of aliphatic hydroxyl groups excluding tert-OH is 1. The number of halogens is 2. The Hall–Kier alpha value is -1.69. The third-order valence-electron chi connectivity index (χ3n) is 3.03. The molecule has 0 saturated carbocycles. The maximum atomic E-state index is 13.4. The number of amides is 2. The molecule has 0 heterocycles. The second kappa shape index (κ2) is 7.79. The van der Waals surface area contributed by atoms with E-state index in [2.05, 4.69) is 10.6 Å². The highest BCUT2D eigenvalue weighted by Gasteiger charge is 2.14. The molecule has 0 fully saturated rings. The predicted octanol–water partition coefficient (Wildman–Crippen LogP) is 1.82. The Labute approximate surface area is 117 Å². The van der Waals surface area contributed by atoms with Crippen LogP contribution in [0.2, 0.25) is 0 Å². The first-order valence-electron chi connectivity index (χ1n) is 6.53. The molecule has 0 aliphatic carbocycles. The second-order valence-corrected chi connectivity index (χ2v) is 4.90. The molecule has 1 atom stereocenters. The molecule has 0 unspecified atom stereocenters. The first-order valence-corrected chi connectivity index (χ1v) is 6.53. The third kappa shape index (κ3) is 4.77. The summed E-state index contributed by atoms with van der Waals surface area (Å²) < 4.78 is 26.3. The molecule has 0 aliphatic rings. The molecular weight excluding hydrogens is 266 g/mol. The molecule has 1 aromatic rings. The maximum Gasteiger partial charge on any atom is 0.315 e. The number of urea groups is 1. The van der Waals surface area contributed by atoms with Crippen LogP contribution in [0.15, 0.2) is 18.2 Å². The van der Waals surface area contributed by atoms with Crippen LogP contribution >= 0.6 is 0 Å². The van der Waals surface area contributed by atoms with Gasteiger partial charge in [-0.3, -0.25) is 0 Å². The van der Waals surface area contributed by atoms with Gasteiger partial charge in [-0.15, -0.1) is 0 Å². The van der Waals surface area contributed by atoms with Crippen LogP contribution in [-0.2, 0) is 6.42 Å². The van der Waals surface area contributed by atoms with Crippen molar-refractivity contribution in [3.05, 3.63) is 35.4 Å². The highest BCUT2D eigenvalue weighted by atomic mass is 19.2. The van der Waals surface area contributed by atoms with Gasteiger partial charge < -0.3 is 15.7 Å². The van der Waals surface area contributed by atoms with Crippen molar-refractivity contribution in [1.29, 1.82) is 0 Å². The molecule has 0 spiro atoms. The van der Waals surface area contributed by atoms with Crippen molar-refractivity contribution < 1.29 is 18.7 Å². The van der Waals surface area contributed by atoms with E-state index in [1.165, 1.54) is 12.1 Å². The van der Waals surface area contributed by atoms with E-state index in [1.807, 2.05) is 13.8 Å². The summed E-state index contributed by atoms with van der Waals surface area (Å²) in [7, 11) is 0. The largest absolute Gasteiger partial charge is 0.394 e. The van der Waals surface area contributed by atoms with E-state index in [0.717, 1.165) is 6.07 Å². The minimum atomic E-state index is -0.896. The van der Waals surface area contributed by atoms with Gasteiger partial charge in [0.25, 0.3) is 0 Å². The van der Waals surface area contributed by atoms with Gasteiger partial charge in [-0.05, 0) is 24.0 Å². The molecule has 20 heavy (non-hydrogen) atoms. The highest BCUT2D eigenvalue weighted by Crippen LogP contribution is 2.11. The summed E-state index contributed by atoms with van der Waals surface area (Å²) in [6, 6.07) is 3.18. The Morgan fingerprint density at radius 1 is 1.35 bits per heavy atom. The van der Waals surface area contributed by atoms with Crippen molar-refractivity contribution in [2.24, 2.45) is 5.92 Å². The molecule has 0 saturated heterocycles. The third-order valence-corrected chi connectivity index (χ3v) is 3.03. The molecule has 0 aromatic heterocycles. The van der Waals surface area contributed by atoms with Gasteiger partial charge in [-0.1, -0.05) is 26.0 Å². The van der Waals surface area contributed by atoms with Crippen LogP contribution in [-0.4, -0.2) is 30.3 Å². The number of carbonyl (C=O) groups excluding carboxylic acids is 1. The van der Waals surface area contributed by atoms with Crippen LogP contribution in [0.5, 0.6) is 0 Å². The van der Waals surface area contributed by atoms with Crippen molar-refractivity contribution in [3.8, 4) is 0 Å². The fourth-order valence-corrected chi connectivity index (χ4v) is 1.69. The van der Waals surface area contributed by atoms with Crippen LogP contribution in [0.4, 0.5) is 13.6 Å². The summed E-state index contributed by atoms with van der Waals surface area (Å²) in [4.78, 5) is 11.6. The first-order chi connectivity index (χ1) is 9.45. The van der Waals surface area contributed by atoms with E-state index in [1.54, 1.807) is 0 Å². The normalized spacial score (nSPS) is 12.3. The number of rotatable bonds is 6. The average molecular weight is 286 g/mol. The minimum Gasteiger partial charge on any atom is -0.394 e. The lowest BCUT2D eigenvalue weighted by Crippen LogP contribution is -2.46. The van der Waals surface area contributed by atoms with Crippen molar-refractivity contribution in [2.75, 3.05) is 13.2 Å². The predicted molar refractivity (Wildman–Crippen MR) is 72.3 cm³/mol. The molecule has 1 rings (SSSR count). The monoisotopic (exact) mass is 286 g/mol. The summed E-state index contributed by atoms with van der Waals surface area (Å²) in [5, 5.41) is 14.2. The molecule has 0 aliphatic heterocycles. The molecule has 1 aromatic carbocycles. The van der Waals surface area contributed by atoms with Gasteiger partial charge >= 0.3 is 6.03 Å². The van der Waals surface area contributed by atoms with E-state index < -0.39 is 17.7 Å². The van der Waals surface area contributed by atoms with Gasteiger partial charge in [-0.2, -0.15) is 0 Å². The second-order valence-electron chi connectivity index (χ2n) is 4.90. The van der Waals surface area contributed by atoms with Crippen LogP contribution < -0.4 is 10.6 Å². The Morgan fingerprint density at radius 3 is 2.65 bits per heavy atom. The summed E-state index contributed by atoms with van der Waals surface area (Å²) in [6.07, 6.45) is 0.197. The van der Waals surface area contributed by atoms with E-state index in [9.17, 15) is 13.6 Å². The number of nitrogens with one attached hydrogen (secondary N) is 2. The Bertz CT molecular complexity index is 453. The Kier molecular flexibility index (Phi) is 6.38. The Balaban J connectivity index is 2.40. The molecule has 112 valence electrons. The van der Waals surface area contributed by atoms with E-state index in [-0.39, 0.29) is 37.1 Å². The van der Waals surface area contributed by atoms with Gasteiger partial charge in [-0.25, -0.2) is 13.6 Å². The van der Waals surface area contributed by atoms with Crippen molar-refractivity contribution in [1.82, 2.24) is 10.6 Å². The topological polar surface area (TPSA) is 61.4 Å². The van der Waals surface area contributed by atoms with E-state index in [0.29, 0.717) is 0 Å². The smallest absolute Gasteiger partial charge is 0.315 e. The van der Waals surface area contributed by atoms with Crippen molar-refractivity contribution in [2.45, 2.75) is 26.3 Å². The molecule has 4 nitrogen and oxygen atoms in total. The van der Waals surface area contributed by atoms with E-state index >= 15 is 0 Å². The van der Waals surface area contributed by atoms with Gasteiger partial charge in [0.05, 0.1) is 12.6 Å². The van der Waals surface area contributed by atoms with Crippen LogP contribution in [0.1, 0.15) is 19.4 Å². The standard InChI is InChI=1S/C14H20F2N2O2/c1-9(2)12(8-19)18-14(20)17-7-6-10-4-3-5-11(15)13(10)16/h3-5,9,12,19H,6-8H2,1-2H3,(H2,17,18,20)/t12-/m1/s1. The summed E-state index contributed by atoms with van der Waals surface area (Å²) in [5.41, 5.74) is 0.216. The van der Waals surface area contributed by atoms with Gasteiger partial charge in [0, 0.05) is 6.54 Å². The van der Waals surface area contributed by atoms with Gasteiger partial charge in [0.2, 0.25) is 0 Å². The highest BCUT2D eigenvalue weighted by molar-refractivity contribution is 5.74. The van der Waals surface area contributed by atoms with Gasteiger partial charge in [0.1, 0.15) is 0 Å². The first kappa shape index (κ1) is 16.4. The molecular formula is C14H20F2N2O2. The average Bonchev–Trinajstić information content (AvgIpc) is 2.40. The molecule has 0 bridgehead atoms. The molecule has 0 radical (unpaired) electrons. The Morgan fingerprint density at radius 2 is 2.05 bits per heavy atom. The number of benzene rings is 1. The van der Waals surface area contributed by atoms with Gasteiger partial charge in [0.15, 0.2) is 11.6 Å². The van der Waals surface area contributed by atoms with Crippen molar-refractivity contribution >= 4 is 6.03 Å². The number of aliphatic hydroxyl groups is 1. The molecule has 2 amide bonds. The van der Waals surface area contributed by atoms with Crippen LogP contribution in [0.3, 0.4) is 0 Å². The summed E-state index contributed by atoms with van der Waals surface area (Å²) in [6.45, 7) is 3.79. The zero-order chi connectivity index (χ0) is 15.1. The maximum absolute atomic E-state index is 13.4. The van der Waals surface area contributed by atoms with Crippen LogP contribution in [0.25, 0.3) is 0 Å². The summed E-state index contributed by atoms with van der Waals surface area (Å²) >= 11 is 0. The zero-order valence-electron chi connectivity index (χ0n) is 11.6. The minimum absolute atomic E-state index is 0.103.